The third-order valence-corrected chi connectivity index (χ3v) is 3.53. The van der Waals surface area contributed by atoms with E-state index < -0.39 is 0 Å². The van der Waals surface area contributed by atoms with E-state index in [-0.39, 0.29) is 30.7 Å². The number of hydrogen-bond acceptors (Lipinski definition) is 3. The van der Waals surface area contributed by atoms with Crippen LogP contribution in [0.2, 0.25) is 0 Å². The molecule has 0 unspecified atom stereocenters. The third kappa shape index (κ3) is 5.60. The molecule has 0 aliphatic heterocycles. The predicted molar refractivity (Wildman–Crippen MR) is 93.7 cm³/mol. The van der Waals surface area contributed by atoms with Crippen LogP contribution in [0.25, 0.3) is 0 Å². The summed E-state index contributed by atoms with van der Waals surface area (Å²) in [7, 11) is 0. The van der Waals surface area contributed by atoms with Gasteiger partial charge in [0, 0.05) is 13.5 Å². The molecule has 0 aromatic heterocycles. The van der Waals surface area contributed by atoms with Gasteiger partial charge in [-0.25, -0.2) is 4.39 Å². The lowest BCUT2D eigenvalue weighted by atomic mass is 10.2. The smallest absolute Gasteiger partial charge is 0.244 e. The number of para-hydroxylation sites is 2. The van der Waals surface area contributed by atoms with Crippen molar-refractivity contribution in [2.24, 2.45) is 0 Å². The largest absolute Gasteiger partial charge is 0.492 e. The van der Waals surface area contributed by atoms with Crippen molar-refractivity contribution in [1.29, 1.82) is 0 Å². The molecule has 1 N–H and O–H groups in total. The van der Waals surface area contributed by atoms with E-state index in [9.17, 15) is 14.0 Å². The lowest BCUT2D eigenvalue weighted by Gasteiger charge is -2.21. The zero-order valence-corrected chi connectivity index (χ0v) is 14.3. The van der Waals surface area contributed by atoms with Gasteiger partial charge in [0.1, 0.15) is 18.1 Å². The Morgan fingerprint density at radius 2 is 1.80 bits per heavy atom. The average Bonchev–Trinajstić information content (AvgIpc) is 2.58. The van der Waals surface area contributed by atoms with Gasteiger partial charge in [-0.3, -0.25) is 9.59 Å². The Hall–Kier alpha value is -2.89. The Morgan fingerprint density at radius 3 is 2.44 bits per heavy atom. The highest BCUT2D eigenvalue weighted by atomic mass is 19.1. The fourth-order valence-corrected chi connectivity index (χ4v) is 2.30. The lowest BCUT2D eigenvalue weighted by Crippen LogP contribution is -2.36. The molecular formula is C19H21FN2O3. The molecule has 2 aromatic rings. The number of amides is 2. The van der Waals surface area contributed by atoms with Gasteiger partial charge in [0.15, 0.2) is 0 Å². The topological polar surface area (TPSA) is 58.6 Å². The van der Waals surface area contributed by atoms with Crippen molar-refractivity contribution in [2.45, 2.75) is 20.4 Å². The molecule has 25 heavy (non-hydrogen) atoms. The molecule has 0 spiro atoms. The van der Waals surface area contributed by atoms with E-state index >= 15 is 0 Å². The van der Waals surface area contributed by atoms with Crippen LogP contribution in [0.1, 0.15) is 19.4 Å². The summed E-state index contributed by atoms with van der Waals surface area (Å²) in [6.45, 7) is 3.87. The van der Waals surface area contributed by atoms with Crippen molar-refractivity contribution >= 4 is 17.5 Å². The zero-order valence-electron chi connectivity index (χ0n) is 14.3. The standard InChI is InChI=1S/C19H21FN2O3/c1-3-25-18-7-5-4-6-17(18)21-19(24)13-22(14(2)23)12-15-8-10-16(20)11-9-15/h4-11H,3,12-13H2,1-2H3,(H,21,24). The number of hydrogen-bond donors (Lipinski definition) is 1. The molecular weight excluding hydrogens is 323 g/mol. The molecule has 0 atom stereocenters. The van der Waals surface area contributed by atoms with Crippen molar-refractivity contribution in [3.8, 4) is 5.75 Å². The minimum Gasteiger partial charge on any atom is -0.492 e. The van der Waals surface area contributed by atoms with Gasteiger partial charge in [-0.15, -0.1) is 0 Å². The van der Waals surface area contributed by atoms with Crippen molar-refractivity contribution in [2.75, 3.05) is 18.5 Å². The molecule has 0 fully saturated rings. The van der Waals surface area contributed by atoms with Gasteiger partial charge >= 0.3 is 0 Å². The Labute approximate surface area is 146 Å². The SMILES string of the molecule is CCOc1ccccc1NC(=O)CN(Cc1ccc(F)cc1)C(C)=O. The second-order valence-corrected chi connectivity index (χ2v) is 5.48. The first-order valence-corrected chi connectivity index (χ1v) is 8.01. The van der Waals surface area contributed by atoms with E-state index in [1.54, 1.807) is 30.3 Å². The maximum Gasteiger partial charge on any atom is 0.244 e. The van der Waals surface area contributed by atoms with Crippen LogP contribution in [0.3, 0.4) is 0 Å². The normalized spacial score (nSPS) is 10.2. The number of halogens is 1. The van der Waals surface area contributed by atoms with E-state index in [1.165, 1.54) is 24.0 Å². The van der Waals surface area contributed by atoms with Crippen molar-refractivity contribution in [3.05, 3.63) is 59.9 Å². The van der Waals surface area contributed by atoms with Gasteiger partial charge in [0.05, 0.1) is 12.3 Å². The number of nitrogens with one attached hydrogen (secondary N) is 1. The van der Waals surface area contributed by atoms with Gasteiger partial charge < -0.3 is 15.0 Å². The maximum atomic E-state index is 13.0. The van der Waals surface area contributed by atoms with E-state index in [0.29, 0.717) is 18.0 Å². The number of ether oxygens (including phenoxy) is 1. The number of carbonyl (C=O) groups excluding carboxylic acids is 2. The summed E-state index contributed by atoms with van der Waals surface area (Å²) in [5, 5.41) is 2.76. The van der Waals surface area contributed by atoms with E-state index in [0.717, 1.165) is 5.56 Å². The molecule has 5 nitrogen and oxygen atoms in total. The molecule has 0 saturated heterocycles. The average molecular weight is 344 g/mol. The molecule has 6 heteroatoms. The van der Waals surface area contributed by atoms with Crippen LogP contribution in [0.5, 0.6) is 5.75 Å². The summed E-state index contributed by atoms with van der Waals surface area (Å²) in [6, 6.07) is 12.9. The number of benzene rings is 2. The second kappa shape index (κ2) is 8.82. The summed E-state index contributed by atoms with van der Waals surface area (Å²) in [4.78, 5) is 25.5. The van der Waals surface area contributed by atoms with Gasteiger partial charge in [-0.05, 0) is 36.8 Å². The lowest BCUT2D eigenvalue weighted by molar-refractivity contribution is -0.133. The molecule has 2 aromatic carbocycles. The number of nitrogens with zero attached hydrogens (tertiary/aromatic N) is 1. The van der Waals surface area contributed by atoms with E-state index in [4.69, 9.17) is 4.74 Å². The molecule has 2 amide bonds. The van der Waals surface area contributed by atoms with Crippen LogP contribution in [0.15, 0.2) is 48.5 Å². The Balaban J connectivity index is 2.03. The van der Waals surface area contributed by atoms with Crippen molar-refractivity contribution < 1.29 is 18.7 Å². The van der Waals surface area contributed by atoms with E-state index in [2.05, 4.69) is 5.32 Å². The zero-order chi connectivity index (χ0) is 18.2. The summed E-state index contributed by atoms with van der Waals surface area (Å²) >= 11 is 0. The van der Waals surface area contributed by atoms with Crippen LogP contribution in [-0.2, 0) is 16.1 Å². The first-order chi connectivity index (χ1) is 12.0. The van der Waals surface area contributed by atoms with Crippen LogP contribution in [0.4, 0.5) is 10.1 Å². The summed E-state index contributed by atoms with van der Waals surface area (Å²) in [6.07, 6.45) is 0. The fraction of sp³-hybridized carbons (Fsp3) is 0.263. The fourth-order valence-electron chi connectivity index (χ4n) is 2.30. The van der Waals surface area contributed by atoms with Gasteiger partial charge in [0.2, 0.25) is 11.8 Å². The molecule has 0 bridgehead atoms. The van der Waals surface area contributed by atoms with Crippen molar-refractivity contribution in [1.82, 2.24) is 4.90 Å². The highest BCUT2D eigenvalue weighted by Crippen LogP contribution is 2.23. The molecule has 0 saturated carbocycles. The minimum atomic E-state index is -0.344. The second-order valence-electron chi connectivity index (χ2n) is 5.48. The third-order valence-electron chi connectivity index (χ3n) is 3.53. The van der Waals surface area contributed by atoms with Gasteiger partial charge in [-0.2, -0.15) is 0 Å². The first kappa shape index (κ1) is 18.4. The summed E-state index contributed by atoms with van der Waals surface area (Å²) in [5.74, 6) is -0.336. The maximum absolute atomic E-state index is 13.0. The van der Waals surface area contributed by atoms with Crippen LogP contribution >= 0.6 is 0 Å². The Kier molecular flexibility index (Phi) is 6.51. The molecule has 0 heterocycles. The predicted octanol–water partition coefficient (Wildman–Crippen LogP) is 3.21. The van der Waals surface area contributed by atoms with Crippen LogP contribution < -0.4 is 10.1 Å². The Morgan fingerprint density at radius 1 is 1.12 bits per heavy atom. The van der Waals surface area contributed by atoms with E-state index in [1.807, 2.05) is 13.0 Å². The van der Waals surface area contributed by atoms with Crippen LogP contribution in [0, 0.1) is 5.82 Å². The molecule has 0 aliphatic rings. The number of anilines is 1. The van der Waals surface area contributed by atoms with Crippen LogP contribution in [-0.4, -0.2) is 29.9 Å². The molecule has 2 rings (SSSR count). The van der Waals surface area contributed by atoms with Gasteiger partial charge in [-0.1, -0.05) is 24.3 Å². The summed E-state index contributed by atoms with van der Waals surface area (Å²) < 4.78 is 18.4. The quantitative estimate of drug-likeness (QED) is 0.839. The highest BCUT2D eigenvalue weighted by Gasteiger charge is 2.15. The Bertz CT molecular complexity index is 732. The first-order valence-electron chi connectivity index (χ1n) is 8.01. The van der Waals surface area contributed by atoms with Gasteiger partial charge in [0.25, 0.3) is 0 Å². The molecule has 0 aliphatic carbocycles. The highest BCUT2D eigenvalue weighted by molar-refractivity contribution is 5.95. The minimum absolute atomic E-state index is 0.104. The van der Waals surface area contributed by atoms with Crippen molar-refractivity contribution in [3.63, 3.8) is 0 Å². The molecule has 132 valence electrons. The number of carbonyl (C=O) groups is 2. The number of rotatable bonds is 7. The summed E-state index contributed by atoms with van der Waals surface area (Å²) in [5.41, 5.74) is 1.30. The monoisotopic (exact) mass is 344 g/mol. The molecule has 0 radical (unpaired) electrons.